The molecule has 0 aliphatic heterocycles. The van der Waals surface area contributed by atoms with E-state index in [0.717, 1.165) is 6.42 Å². The average Bonchev–Trinajstić information content (AvgIpc) is 2.70. The molecule has 0 fully saturated rings. The smallest absolute Gasteiger partial charge is 0.270 e. The maximum atomic E-state index is 14.5. The summed E-state index contributed by atoms with van der Waals surface area (Å²) in [5.41, 5.74) is 1.95. The summed E-state index contributed by atoms with van der Waals surface area (Å²) in [5, 5.41) is 2.69. The Hall–Kier alpha value is -3.28. The van der Waals surface area contributed by atoms with Gasteiger partial charge >= 0.3 is 0 Å². The van der Waals surface area contributed by atoms with E-state index in [4.69, 9.17) is 4.74 Å². The van der Waals surface area contributed by atoms with Crippen LogP contribution in [0.1, 0.15) is 29.4 Å². The maximum Gasteiger partial charge on any atom is 0.270 e. The molecule has 5 nitrogen and oxygen atoms in total. The van der Waals surface area contributed by atoms with E-state index in [0.29, 0.717) is 23.2 Å². The molecule has 1 amide bonds. The number of rotatable bonds is 7. The lowest BCUT2D eigenvalue weighted by Gasteiger charge is -2.10. The number of pyridine rings is 2. The molecule has 0 unspecified atom stereocenters. The lowest BCUT2D eigenvalue weighted by molar-refractivity contribution is 0.0946. The van der Waals surface area contributed by atoms with Crippen LogP contribution >= 0.6 is 0 Å². The van der Waals surface area contributed by atoms with Crippen molar-refractivity contribution in [1.82, 2.24) is 15.3 Å². The van der Waals surface area contributed by atoms with E-state index in [1.54, 1.807) is 48.7 Å². The highest BCUT2D eigenvalue weighted by Crippen LogP contribution is 2.20. The molecule has 0 aliphatic carbocycles. The first-order valence-electron chi connectivity index (χ1n) is 8.74. The Kier molecular flexibility index (Phi) is 6.10. The molecule has 0 saturated heterocycles. The molecule has 0 aliphatic rings. The summed E-state index contributed by atoms with van der Waals surface area (Å²) in [5.74, 6) is -0.687. The van der Waals surface area contributed by atoms with Gasteiger partial charge in [-0.05, 0) is 36.8 Å². The van der Waals surface area contributed by atoms with Gasteiger partial charge in [0, 0.05) is 18.3 Å². The lowest BCUT2D eigenvalue weighted by atomic mass is 10.2. The van der Waals surface area contributed by atoms with Crippen molar-refractivity contribution >= 4 is 16.9 Å². The van der Waals surface area contributed by atoms with Gasteiger partial charge in [-0.2, -0.15) is 0 Å². The highest BCUT2D eigenvalue weighted by molar-refractivity contribution is 5.94. The molecule has 1 N–H and O–H groups in total. The Labute approximate surface area is 156 Å². The van der Waals surface area contributed by atoms with Crippen molar-refractivity contribution in [3.05, 3.63) is 77.9 Å². The second-order valence-corrected chi connectivity index (χ2v) is 5.84. The topological polar surface area (TPSA) is 64.1 Å². The molecule has 138 valence electrons. The first kappa shape index (κ1) is 18.5. The zero-order chi connectivity index (χ0) is 19.1. The third-order valence-electron chi connectivity index (χ3n) is 3.91. The number of hydrogen-bond donors (Lipinski definition) is 1. The Morgan fingerprint density at radius 2 is 2.04 bits per heavy atom. The number of nitrogens with one attached hydrogen (secondary N) is 1. The summed E-state index contributed by atoms with van der Waals surface area (Å²) in [6, 6.07) is 11.8. The zero-order valence-electron chi connectivity index (χ0n) is 15.0. The quantitative estimate of drug-likeness (QED) is 0.642. The Balaban J connectivity index is 1.66. The number of carbonyl (C=O) groups is 1. The van der Waals surface area contributed by atoms with Crippen molar-refractivity contribution in [2.24, 2.45) is 0 Å². The van der Waals surface area contributed by atoms with Gasteiger partial charge in [0.05, 0.1) is 11.0 Å². The number of hydrogen-bond acceptors (Lipinski definition) is 4. The van der Waals surface area contributed by atoms with Gasteiger partial charge in [-0.15, -0.1) is 0 Å². The van der Waals surface area contributed by atoms with Crippen LogP contribution in [0.25, 0.3) is 11.0 Å². The predicted molar refractivity (Wildman–Crippen MR) is 102 cm³/mol. The third kappa shape index (κ3) is 4.67. The summed E-state index contributed by atoms with van der Waals surface area (Å²) in [4.78, 5) is 20.8. The first-order chi connectivity index (χ1) is 13.2. The number of allylic oxidation sites excluding steroid dienone is 1. The van der Waals surface area contributed by atoms with Gasteiger partial charge in [0.15, 0.2) is 11.6 Å². The summed E-state index contributed by atoms with van der Waals surface area (Å²) >= 11 is 0. The average molecular weight is 365 g/mol. The van der Waals surface area contributed by atoms with Gasteiger partial charge in [-0.1, -0.05) is 31.2 Å². The summed E-state index contributed by atoms with van der Waals surface area (Å²) < 4.78 is 19.9. The van der Waals surface area contributed by atoms with Crippen molar-refractivity contribution in [3.63, 3.8) is 0 Å². The number of aromatic nitrogens is 2. The van der Waals surface area contributed by atoms with Gasteiger partial charge in [0.1, 0.15) is 12.3 Å². The predicted octanol–water partition coefficient (Wildman–Crippen LogP) is 4.04. The Morgan fingerprint density at radius 3 is 2.89 bits per heavy atom. The molecule has 0 radical (unpaired) electrons. The Bertz CT molecular complexity index is 973. The van der Waals surface area contributed by atoms with Crippen LogP contribution in [0.3, 0.4) is 0 Å². The zero-order valence-corrected chi connectivity index (χ0v) is 15.0. The van der Waals surface area contributed by atoms with E-state index >= 15 is 0 Å². The molecule has 3 aromatic rings. The number of ether oxygens (including phenoxy) is 1. The van der Waals surface area contributed by atoms with Gasteiger partial charge in [-0.3, -0.25) is 9.78 Å². The van der Waals surface area contributed by atoms with Gasteiger partial charge in [-0.25, -0.2) is 9.37 Å². The third-order valence-corrected chi connectivity index (χ3v) is 3.91. The molecule has 27 heavy (non-hydrogen) atoms. The number of benzene rings is 1. The fourth-order valence-corrected chi connectivity index (χ4v) is 2.53. The van der Waals surface area contributed by atoms with Crippen LogP contribution in [0.15, 0.2) is 60.8 Å². The molecule has 6 heteroatoms. The van der Waals surface area contributed by atoms with Crippen LogP contribution in [0, 0.1) is 5.82 Å². The molecular weight excluding hydrogens is 345 g/mol. The molecule has 0 bridgehead atoms. The fourth-order valence-electron chi connectivity index (χ4n) is 2.53. The molecule has 0 saturated carbocycles. The summed E-state index contributed by atoms with van der Waals surface area (Å²) in [7, 11) is 0. The molecule has 2 heterocycles. The van der Waals surface area contributed by atoms with Crippen molar-refractivity contribution in [3.8, 4) is 5.75 Å². The first-order valence-corrected chi connectivity index (χ1v) is 8.74. The molecule has 3 rings (SSSR count). The maximum absolute atomic E-state index is 14.5. The second kappa shape index (κ2) is 8.89. The lowest BCUT2D eigenvalue weighted by Crippen LogP contribution is -2.24. The fraction of sp³-hybridized carbons (Fsp3) is 0.190. The van der Waals surface area contributed by atoms with Crippen molar-refractivity contribution in [2.45, 2.75) is 19.9 Å². The van der Waals surface area contributed by atoms with E-state index in [9.17, 15) is 9.18 Å². The van der Waals surface area contributed by atoms with Crippen LogP contribution in [0.2, 0.25) is 0 Å². The van der Waals surface area contributed by atoms with E-state index in [-0.39, 0.29) is 23.9 Å². The summed E-state index contributed by atoms with van der Waals surface area (Å²) in [6.07, 6.45) is 6.36. The Morgan fingerprint density at radius 1 is 1.15 bits per heavy atom. The molecule has 0 atom stereocenters. The normalized spacial score (nSPS) is 11.0. The van der Waals surface area contributed by atoms with Crippen molar-refractivity contribution in [1.29, 1.82) is 0 Å². The number of nitrogens with zero attached hydrogens (tertiary/aromatic N) is 2. The largest absolute Gasteiger partial charge is 0.486 e. The highest BCUT2D eigenvalue weighted by atomic mass is 19.1. The van der Waals surface area contributed by atoms with Gasteiger partial charge in [0.2, 0.25) is 0 Å². The van der Waals surface area contributed by atoms with Crippen LogP contribution in [-0.2, 0) is 6.54 Å². The van der Waals surface area contributed by atoms with E-state index < -0.39 is 5.82 Å². The molecular formula is C21H20FN3O2. The van der Waals surface area contributed by atoms with Gasteiger partial charge < -0.3 is 10.1 Å². The second-order valence-electron chi connectivity index (χ2n) is 5.84. The molecule has 1 aromatic carbocycles. The van der Waals surface area contributed by atoms with Crippen LogP contribution in [-0.4, -0.2) is 22.5 Å². The number of fused-ring (bicyclic) bond motifs is 1. The minimum absolute atomic E-state index is 0.0411. The molecule has 0 spiro atoms. The number of carbonyl (C=O) groups excluding carboxylic acids is 1. The number of amides is 1. The van der Waals surface area contributed by atoms with Gasteiger partial charge in [0.25, 0.3) is 5.91 Å². The standard InChI is InChI=1S/C21H20FN3O2/c1-2-3-4-13-27-19-9-5-7-15(20(19)22)14-24-21(26)18-11-10-16-17(25-18)8-6-12-23-16/h3-12H,2,13-14H2,1H3,(H,24,26). The minimum atomic E-state index is -0.474. The van der Waals surface area contributed by atoms with Crippen LogP contribution < -0.4 is 10.1 Å². The van der Waals surface area contributed by atoms with Crippen molar-refractivity contribution in [2.75, 3.05) is 6.61 Å². The van der Waals surface area contributed by atoms with Crippen LogP contribution in [0.5, 0.6) is 5.75 Å². The van der Waals surface area contributed by atoms with Crippen molar-refractivity contribution < 1.29 is 13.9 Å². The van der Waals surface area contributed by atoms with E-state index in [1.807, 2.05) is 19.1 Å². The minimum Gasteiger partial charge on any atom is -0.486 e. The highest BCUT2D eigenvalue weighted by Gasteiger charge is 2.12. The number of halogens is 1. The van der Waals surface area contributed by atoms with E-state index in [2.05, 4.69) is 15.3 Å². The summed E-state index contributed by atoms with van der Waals surface area (Å²) in [6.45, 7) is 2.36. The van der Waals surface area contributed by atoms with E-state index in [1.165, 1.54) is 0 Å². The SMILES string of the molecule is CCC=CCOc1cccc(CNC(=O)c2ccc3ncccc3n2)c1F. The monoisotopic (exact) mass is 365 g/mol. The van der Waals surface area contributed by atoms with Crippen LogP contribution in [0.4, 0.5) is 4.39 Å². The molecule has 2 aromatic heterocycles.